The highest BCUT2D eigenvalue weighted by atomic mass is 32.1. The summed E-state index contributed by atoms with van der Waals surface area (Å²) in [6.45, 7) is 1.88. The van der Waals surface area contributed by atoms with E-state index >= 15 is 0 Å². The van der Waals surface area contributed by atoms with E-state index in [0.29, 0.717) is 10.6 Å². The summed E-state index contributed by atoms with van der Waals surface area (Å²) >= 11 is 1.37. The zero-order chi connectivity index (χ0) is 11.0. The van der Waals surface area contributed by atoms with Gasteiger partial charge in [-0.3, -0.25) is 0 Å². The molecule has 0 unspecified atom stereocenters. The lowest BCUT2D eigenvalue weighted by Gasteiger charge is -2.01. The Bertz CT molecular complexity index is 505. The zero-order valence-electron chi connectivity index (χ0n) is 8.05. The minimum Gasteiger partial charge on any atom is -0.390 e. The van der Waals surface area contributed by atoms with Gasteiger partial charge in [-0.1, -0.05) is 0 Å². The van der Waals surface area contributed by atoms with Crippen LogP contribution in [0.3, 0.4) is 0 Å². The van der Waals surface area contributed by atoms with Crippen LogP contribution in [-0.4, -0.2) is 0 Å². The summed E-state index contributed by atoms with van der Waals surface area (Å²) in [5.74, 6) is -0.921. The first-order valence-corrected chi connectivity index (χ1v) is 5.21. The molecule has 0 spiro atoms. The Morgan fingerprint density at radius 3 is 2.47 bits per heavy atom. The molecular weight excluding hydrogens is 216 g/mol. The molecule has 0 fully saturated rings. The first-order valence-electron chi connectivity index (χ1n) is 4.39. The van der Waals surface area contributed by atoms with Gasteiger partial charge in [0.05, 0.1) is 5.00 Å². The van der Waals surface area contributed by atoms with E-state index < -0.39 is 11.6 Å². The summed E-state index contributed by atoms with van der Waals surface area (Å²) in [5, 5.41) is 0.511. The maximum atomic E-state index is 13.4. The molecule has 1 nitrogen and oxygen atoms in total. The van der Waals surface area contributed by atoms with Crippen molar-refractivity contribution in [2.24, 2.45) is 0 Å². The van der Waals surface area contributed by atoms with Crippen molar-refractivity contribution < 1.29 is 8.78 Å². The number of hydrogen-bond acceptors (Lipinski definition) is 2. The second-order valence-electron chi connectivity index (χ2n) is 3.26. The van der Waals surface area contributed by atoms with E-state index in [1.807, 2.05) is 6.92 Å². The highest BCUT2D eigenvalue weighted by Gasteiger charge is 2.11. The van der Waals surface area contributed by atoms with E-state index in [-0.39, 0.29) is 5.56 Å². The minimum absolute atomic E-state index is 0.219. The molecule has 1 aromatic carbocycles. The molecule has 78 valence electrons. The molecule has 2 aromatic rings. The number of thiophene rings is 1. The van der Waals surface area contributed by atoms with Crippen molar-refractivity contribution in [2.75, 3.05) is 5.73 Å². The van der Waals surface area contributed by atoms with E-state index in [1.165, 1.54) is 11.3 Å². The molecule has 0 bridgehead atoms. The summed E-state index contributed by atoms with van der Waals surface area (Å²) in [7, 11) is 0. The Balaban J connectivity index is 2.62. The average Bonchev–Trinajstić information content (AvgIpc) is 2.50. The second kappa shape index (κ2) is 3.62. The number of rotatable bonds is 1. The van der Waals surface area contributed by atoms with E-state index in [0.717, 1.165) is 23.1 Å². The largest absolute Gasteiger partial charge is 0.390 e. The first kappa shape index (κ1) is 10.1. The average molecular weight is 225 g/mol. The van der Waals surface area contributed by atoms with Crippen molar-refractivity contribution in [1.82, 2.24) is 0 Å². The van der Waals surface area contributed by atoms with Crippen molar-refractivity contribution in [1.29, 1.82) is 0 Å². The highest BCUT2D eigenvalue weighted by molar-refractivity contribution is 7.16. The number of benzene rings is 1. The maximum Gasteiger partial charge on any atom is 0.131 e. The quantitative estimate of drug-likeness (QED) is 0.788. The zero-order valence-corrected chi connectivity index (χ0v) is 8.87. The van der Waals surface area contributed by atoms with E-state index in [9.17, 15) is 8.78 Å². The molecule has 4 heteroatoms. The van der Waals surface area contributed by atoms with Crippen LogP contribution in [-0.2, 0) is 0 Å². The molecule has 2 rings (SSSR count). The molecule has 0 aliphatic rings. The van der Waals surface area contributed by atoms with Crippen LogP contribution in [0.5, 0.6) is 0 Å². The highest BCUT2D eigenvalue weighted by Crippen LogP contribution is 2.35. The fourth-order valence-electron chi connectivity index (χ4n) is 1.45. The predicted octanol–water partition coefficient (Wildman–Crippen LogP) is 3.58. The molecule has 0 saturated carbocycles. The molecular formula is C11H9F2NS. The minimum atomic E-state index is -0.463. The van der Waals surface area contributed by atoms with Gasteiger partial charge in [0.2, 0.25) is 0 Å². The molecule has 0 amide bonds. The smallest absolute Gasteiger partial charge is 0.131 e. The van der Waals surface area contributed by atoms with Crippen LogP contribution in [0.15, 0.2) is 24.3 Å². The lowest BCUT2D eigenvalue weighted by Crippen LogP contribution is -1.88. The van der Waals surface area contributed by atoms with Gasteiger partial charge in [0.25, 0.3) is 0 Å². The lowest BCUT2D eigenvalue weighted by molar-refractivity contribution is 0.603. The Morgan fingerprint density at radius 2 is 1.87 bits per heavy atom. The molecule has 15 heavy (non-hydrogen) atoms. The molecule has 0 saturated heterocycles. The predicted molar refractivity (Wildman–Crippen MR) is 58.8 cm³/mol. The van der Waals surface area contributed by atoms with Crippen LogP contribution in [0.1, 0.15) is 4.88 Å². The van der Waals surface area contributed by atoms with Gasteiger partial charge < -0.3 is 5.73 Å². The molecule has 0 aliphatic carbocycles. The Morgan fingerprint density at radius 1 is 1.13 bits per heavy atom. The summed E-state index contributed by atoms with van der Waals surface area (Å²) in [6.07, 6.45) is 0. The lowest BCUT2D eigenvalue weighted by atomic mass is 10.1. The number of aryl methyl sites for hydroxylation is 1. The Hall–Kier alpha value is -1.42. The van der Waals surface area contributed by atoms with Crippen LogP contribution in [0, 0.1) is 18.6 Å². The standard InChI is InChI=1S/C11H9F2NS/c1-6-4-9(11(14)15-6)8-5-7(12)2-3-10(8)13/h2-5H,14H2,1H3. The van der Waals surface area contributed by atoms with Crippen molar-refractivity contribution >= 4 is 16.3 Å². The fraction of sp³-hybridized carbons (Fsp3) is 0.0909. The number of nitrogens with two attached hydrogens (primary N) is 1. The summed E-state index contributed by atoms with van der Waals surface area (Å²) in [4.78, 5) is 0.978. The Kier molecular flexibility index (Phi) is 2.44. The summed E-state index contributed by atoms with van der Waals surface area (Å²) in [5.41, 5.74) is 6.51. The third-order valence-electron chi connectivity index (χ3n) is 2.10. The molecule has 0 radical (unpaired) electrons. The third kappa shape index (κ3) is 1.85. The topological polar surface area (TPSA) is 26.0 Å². The van der Waals surface area contributed by atoms with Crippen molar-refractivity contribution in [2.45, 2.75) is 6.92 Å². The fourth-order valence-corrected chi connectivity index (χ4v) is 2.25. The van der Waals surface area contributed by atoms with Crippen molar-refractivity contribution in [3.63, 3.8) is 0 Å². The third-order valence-corrected chi connectivity index (χ3v) is 2.98. The molecule has 1 heterocycles. The number of hydrogen-bond donors (Lipinski definition) is 1. The van der Waals surface area contributed by atoms with Gasteiger partial charge in [-0.05, 0) is 31.2 Å². The van der Waals surface area contributed by atoms with Crippen LogP contribution in [0.4, 0.5) is 13.8 Å². The van der Waals surface area contributed by atoms with Gasteiger partial charge in [-0.2, -0.15) is 0 Å². The van der Waals surface area contributed by atoms with Crippen molar-refractivity contribution in [3.8, 4) is 11.1 Å². The van der Waals surface area contributed by atoms with E-state index in [2.05, 4.69) is 0 Å². The van der Waals surface area contributed by atoms with E-state index in [1.54, 1.807) is 6.07 Å². The maximum absolute atomic E-state index is 13.4. The normalized spacial score (nSPS) is 10.6. The number of anilines is 1. The molecule has 1 aromatic heterocycles. The van der Waals surface area contributed by atoms with Gasteiger partial charge in [-0.15, -0.1) is 11.3 Å². The van der Waals surface area contributed by atoms with Crippen LogP contribution < -0.4 is 5.73 Å². The Labute approximate surface area is 90.2 Å². The van der Waals surface area contributed by atoms with E-state index in [4.69, 9.17) is 5.73 Å². The SMILES string of the molecule is Cc1cc(-c2cc(F)ccc2F)c(N)s1. The molecule has 0 aliphatic heterocycles. The second-order valence-corrected chi connectivity index (χ2v) is 4.55. The van der Waals surface area contributed by atoms with Gasteiger partial charge in [0.1, 0.15) is 11.6 Å². The van der Waals surface area contributed by atoms with Crippen molar-refractivity contribution in [3.05, 3.63) is 40.8 Å². The summed E-state index contributed by atoms with van der Waals surface area (Å²) in [6, 6.07) is 5.12. The van der Waals surface area contributed by atoms with Gasteiger partial charge in [0, 0.05) is 16.0 Å². The summed E-state index contributed by atoms with van der Waals surface area (Å²) < 4.78 is 26.4. The van der Waals surface area contributed by atoms with Gasteiger partial charge >= 0.3 is 0 Å². The molecule has 0 atom stereocenters. The van der Waals surface area contributed by atoms with Crippen LogP contribution in [0.25, 0.3) is 11.1 Å². The molecule has 2 N–H and O–H groups in total. The monoisotopic (exact) mass is 225 g/mol. The van der Waals surface area contributed by atoms with Crippen LogP contribution in [0.2, 0.25) is 0 Å². The number of halogens is 2. The first-order chi connectivity index (χ1) is 7.08. The number of nitrogen functional groups attached to an aromatic ring is 1. The van der Waals surface area contributed by atoms with Gasteiger partial charge in [0.15, 0.2) is 0 Å². The van der Waals surface area contributed by atoms with Crippen LogP contribution >= 0.6 is 11.3 Å². The van der Waals surface area contributed by atoms with Gasteiger partial charge in [-0.25, -0.2) is 8.78 Å².